The molecule has 0 aromatic rings. The highest BCUT2D eigenvalue weighted by molar-refractivity contribution is 5.84. The van der Waals surface area contributed by atoms with Crippen molar-refractivity contribution in [3.63, 3.8) is 0 Å². The summed E-state index contributed by atoms with van der Waals surface area (Å²) in [6.07, 6.45) is 1.46. The highest BCUT2D eigenvalue weighted by Crippen LogP contribution is 2.20. The molecule has 0 aliphatic heterocycles. The van der Waals surface area contributed by atoms with Gasteiger partial charge in [0.05, 0.1) is 5.60 Å². The number of hydrogen-bond donors (Lipinski definition) is 0. The Morgan fingerprint density at radius 2 is 1.79 bits per heavy atom. The van der Waals surface area contributed by atoms with Gasteiger partial charge in [0.2, 0.25) is 0 Å². The minimum absolute atomic E-state index is 0.0626. The van der Waals surface area contributed by atoms with Crippen LogP contribution in [0.3, 0.4) is 0 Å². The summed E-state index contributed by atoms with van der Waals surface area (Å²) in [5, 5.41) is 0. The summed E-state index contributed by atoms with van der Waals surface area (Å²) in [6.45, 7) is 12.0. The van der Waals surface area contributed by atoms with E-state index in [-0.39, 0.29) is 23.4 Å². The van der Waals surface area contributed by atoms with E-state index in [9.17, 15) is 4.79 Å². The van der Waals surface area contributed by atoms with Gasteiger partial charge >= 0.3 is 0 Å². The van der Waals surface area contributed by atoms with Crippen LogP contribution in [0.1, 0.15) is 54.4 Å². The molecule has 0 amide bonds. The summed E-state index contributed by atoms with van der Waals surface area (Å²) in [5.74, 6) is 0.279. The van der Waals surface area contributed by atoms with Crippen molar-refractivity contribution in [2.45, 2.75) is 66.1 Å². The van der Waals surface area contributed by atoms with Crippen LogP contribution in [0.2, 0.25) is 0 Å². The Kier molecular flexibility index (Phi) is 5.35. The quantitative estimate of drug-likeness (QED) is 0.658. The lowest BCUT2D eigenvalue weighted by Gasteiger charge is -2.29. The van der Waals surface area contributed by atoms with E-state index in [2.05, 4.69) is 6.92 Å². The zero-order valence-electron chi connectivity index (χ0n) is 10.4. The fourth-order valence-electron chi connectivity index (χ4n) is 1.18. The highest BCUT2D eigenvalue weighted by atomic mass is 16.5. The number of hydrogen-bond acceptors (Lipinski definition) is 2. The molecule has 0 unspecified atom stereocenters. The number of ketones is 1. The van der Waals surface area contributed by atoms with Gasteiger partial charge in [0.15, 0.2) is 5.78 Å². The third kappa shape index (κ3) is 4.23. The molecule has 0 rings (SSSR count). The van der Waals surface area contributed by atoms with Crippen LogP contribution in [0.15, 0.2) is 0 Å². The molecule has 0 radical (unpaired) electrons. The van der Waals surface area contributed by atoms with Crippen molar-refractivity contribution in [1.29, 1.82) is 0 Å². The van der Waals surface area contributed by atoms with Gasteiger partial charge in [-0.05, 0) is 26.7 Å². The van der Waals surface area contributed by atoms with E-state index < -0.39 is 0 Å². The monoisotopic (exact) mass is 200 g/mol. The maximum absolute atomic E-state index is 11.7. The molecule has 0 aromatic heterocycles. The topological polar surface area (TPSA) is 26.3 Å². The number of carbonyl (C=O) groups excluding carboxylic acids is 1. The van der Waals surface area contributed by atoms with Gasteiger partial charge in [-0.1, -0.05) is 27.7 Å². The van der Waals surface area contributed by atoms with Crippen LogP contribution in [0.4, 0.5) is 0 Å². The molecule has 14 heavy (non-hydrogen) atoms. The van der Waals surface area contributed by atoms with Crippen molar-refractivity contribution in [2.24, 2.45) is 5.92 Å². The molecule has 84 valence electrons. The molecule has 0 aliphatic carbocycles. The van der Waals surface area contributed by atoms with Crippen LogP contribution < -0.4 is 0 Å². The molecule has 2 nitrogen and oxygen atoms in total. The Labute approximate surface area is 88.0 Å². The number of rotatable bonds is 6. The molecular weight excluding hydrogens is 176 g/mol. The minimum atomic E-state index is -0.232. The lowest BCUT2D eigenvalue weighted by molar-refractivity contribution is -0.145. The number of Topliss-reactive ketones (excluding diaryl/α,β-unsaturated/α-hetero) is 1. The van der Waals surface area contributed by atoms with Gasteiger partial charge in [0.25, 0.3) is 0 Å². The van der Waals surface area contributed by atoms with Gasteiger partial charge in [-0.25, -0.2) is 0 Å². The molecule has 0 aromatic carbocycles. The van der Waals surface area contributed by atoms with Gasteiger partial charge in [-0.3, -0.25) is 4.79 Å². The van der Waals surface area contributed by atoms with Gasteiger partial charge in [0.1, 0.15) is 6.10 Å². The lowest BCUT2D eigenvalue weighted by atomic mass is 10.00. The van der Waals surface area contributed by atoms with Crippen molar-refractivity contribution in [3.05, 3.63) is 0 Å². The number of carbonyl (C=O) groups is 1. The molecule has 0 N–H and O–H groups in total. The van der Waals surface area contributed by atoms with E-state index in [4.69, 9.17) is 4.74 Å². The average molecular weight is 200 g/mol. The first-order valence-electron chi connectivity index (χ1n) is 5.55. The van der Waals surface area contributed by atoms with Crippen molar-refractivity contribution in [3.8, 4) is 0 Å². The molecule has 0 saturated carbocycles. The van der Waals surface area contributed by atoms with Crippen molar-refractivity contribution in [2.75, 3.05) is 0 Å². The minimum Gasteiger partial charge on any atom is -0.365 e. The normalized spacial score (nSPS) is 14.5. The van der Waals surface area contributed by atoms with Crippen LogP contribution >= 0.6 is 0 Å². The average Bonchev–Trinajstić information content (AvgIpc) is 2.13. The Hall–Kier alpha value is -0.370. The van der Waals surface area contributed by atoms with Crippen LogP contribution in [0, 0.1) is 5.92 Å². The third-order valence-corrected chi connectivity index (χ3v) is 2.57. The Morgan fingerprint density at radius 1 is 1.29 bits per heavy atom. The van der Waals surface area contributed by atoms with Crippen LogP contribution in [0.25, 0.3) is 0 Å². The van der Waals surface area contributed by atoms with E-state index in [1.165, 1.54) is 0 Å². The SMILES string of the molecule is CC[C@@H](OC(C)(C)CC)C(=O)C(C)C. The second-order valence-electron chi connectivity index (χ2n) is 4.69. The molecule has 0 bridgehead atoms. The van der Waals surface area contributed by atoms with Gasteiger partial charge in [-0.2, -0.15) is 0 Å². The lowest BCUT2D eigenvalue weighted by Crippen LogP contribution is -2.36. The highest BCUT2D eigenvalue weighted by Gasteiger charge is 2.26. The van der Waals surface area contributed by atoms with Crippen LogP contribution in [-0.2, 0) is 9.53 Å². The summed E-state index contributed by atoms with van der Waals surface area (Å²) < 4.78 is 5.81. The predicted octanol–water partition coefficient (Wildman–Crippen LogP) is 3.20. The summed E-state index contributed by atoms with van der Waals surface area (Å²) >= 11 is 0. The first-order valence-corrected chi connectivity index (χ1v) is 5.55. The molecule has 0 spiro atoms. The molecule has 2 heteroatoms. The van der Waals surface area contributed by atoms with E-state index in [0.29, 0.717) is 0 Å². The Balaban J connectivity index is 4.37. The van der Waals surface area contributed by atoms with Gasteiger partial charge < -0.3 is 4.74 Å². The van der Waals surface area contributed by atoms with E-state index in [1.807, 2.05) is 34.6 Å². The summed E-state index contributed by atoms with van der Waals surface area (Å²) in [6, 6.07) is 0. The fraction of sp³-hybridized carbons (Fsp3) is 0.917. The molecule has 0 saturated heterocycles. The molecule has 0 fully saturated rings. The standard InChI is InChI=1S/C12H24O2/c1-7-10(11(13)9(3)4)14-12(5,6)8-2/h9-10H,7-8H2,1-6H3/t10-/m1/s1. The van der Waals surface area contributed by atoms with Crippen molar-refractivity contribution in [1.82, 2.24) is 0 Å². The van der Waals surface area contributed by atoms with Crippen LogP contribution in [0.5, 0.6) is 0 Å². The second-order valence-corrected chi connectivity index (χ2v) is 4.69. The summed E-state index contributed by atoms with van der Waals surface area (Å²) in [7, 11) is 0. The molecular formula is C12H24O2. The van der Waals surface area contributed by atoms with Crippen LogP contribution in [-0.4, -0.2) is 17.5 Å². The largest absolute Gasteiger partial charge is 0.365 e. The predicted molar refractivity (Wildman–Crippen MR) is 59.4 cm³/mol. The Bertz CT molecular complexity index is 183. The second kappa shape index (κ2) is 5.50. The Morgan fingerprint density at radius 3 is 2.07 bits per heavy atom. The van der Waals surface area contributed by atoms with E-state index >= 15 is 0 Å². The zero-order valence-corrected chi connectivity index (χ0v) is 10.4. The molecule has 1 atom stereocenters. The first kappa shape index (κ1) is 13.6. The summed E-state index contributed by atoms with van der Waals surface area (Å²) in [4.78, 5) is 11.7. The first-order chi connectivity index (χ1) is 6.34. The van der Waals surface area contributed by atoms with E-state index in [0.717, 1.165) is 12.8 Å². The molecule has 0 aliphatic rings. The third-order valence-electron chi connectivity index (χ3n) is 2.57. The van der Waals surface area contributed by atoms with Gasteiger partial charge in [-0.15, -0.1) is 0 Å². The fourth-order valence-corrected chi connectivity index (χ4v) is 1.18. The molecule has 0 heterocycles. The van der Waals surface area contributed by atoms with E-state index in [1.54, 1.807) is 0 Å². The smallest absolute Gasteiger partial charge is 0.164 e. The van der Waals surface area contributed by atoms with Crippen molar-refractivity contribution >= 4 is 5.78 Å². The maximum Gasteiger partial charge on any atom is 0.164 e. The maximum atomic E-state index is 11.7. The zero-order chi connectivity index (χ0) is 11.4. The van der Waals surface area contributed by atoms with Gasteiger partial charge in [0, 0.05) is 5.92 Å². The summed E-state index contributed by atoms with van der Waals surface area (Å²) in [5.41, 5.74) is -0.189. The van der Waals surface area contributed by atoms with Crippen molar-refractivity contribution < 1.29 is 9.53 Å². The number of ether oxygens (including phenoxy) is 1.